The van der Waals surface area contributed by atoms with Gasteiger partial charge in [0.25, 0.3) is 0 Å². The van der Waals surface area contributed by atoms with Crippen molar-refractivity contribution in [3.8, 4) is 0 Å². The molecule has 0 atom stereocenters. The first-order valence-corrected chi connectivity index (χ1v) is 7.52. The monoisotopic (exact) mass is 292 g/mol. The van der Waals surface area contributed by atoms with Crippen LogP contribution in [0.15, 0.2) is 11.0 Å². The van der Waals surface area contributed by atoms with Crippen LogP contribution in [0.4, 0.5) is 0 Å². The first-order valence-electron chi connectivity index (χ1n) is 5.22. The smallest absolute Gasteiger partial charge is 0.345 e. The molecule has 0 bridgehead atoms. The van der Waals surface area contributed by atoms with Gasteiger partial charge in [-0.1, -0.05) is 0 Å². The van der Waals surface area contributed by atoms with Crippen molar-refractivity contribution in [2.75, 3.05) is 27.2 Å². The number of hydrogen-bond acceptors (Lipinski definition) is 5. The van der Waals surface area contributed by atoms with Gasteiger partial charge >= 0.3 is 5.97 Å². The van der Waals surface area contributed by atoms with Gasteiger partial charge < -0.3 is 10.0 Å². The van der Waals surface area contributed by atoms with Crippen molar-refractivity contribution in [1.29, 1.82) is 0 Å². The lowest BCUT2D eigenvalue weighted by Gasteiger charge is -2.10. The fourth-order valence-corrected chi connectivity index (χ4v) is 3.77. The van der Waals surface area contributed by atoms with E-state index in [-0.39, 0.29) is 16.3 Å². The van der Waals surface area contributed by atoms with Crippen LogP contribution in [0, 0.1) is 6.92 Å². The van der Waals surface area contributed by atoms with Crippen LogP contribution in [0.2, 0.25) is 0 Å². The van der Waals surface area contributed by atoms with E-state index in [4.69, 9.17) is 5.11 Å². The van der Waals surface area contributed by atoms with Crippen molar-refractivity contribution >= 4 is 27.3 Å². The van der Waals surface area contributed by atoms with Gasteiger partial charge in [-0.15, -0.1) is 11.3 Å². The molecule has 0 radical (unpaired) electrons. The summed E-state index contributed by atoms with van der Waals surface area (Å²) >= 11 is 0.960. The van der Waals surface area contributed by atoms with Crippen LogP contribution in [0.1, 0.15) is 14.5 Å². The Balaban J connectivity index is 2.88. The lowest BCUT2D eigenvalue weighted by atomic mass is 10.4. The zero-order valence-corrected chi connectivity index (χ0v) is 12.1. The molecule has 0 spiro atoms. The lowest BCUT2D eigenvalue weighted by molar-refractivity contribution is 0.0702. The van der Waals surface area contributed by atoms with Gasteiger partial charge in [0.15, 0.2) is 0 Å². The normalized spacial score (nSPS) is 12.0. The molecule has 0 saturated heterocycles. The van der Waals surface area contributed by atoms with E-state index in [9.17, 15) is 13.2 Å². The molecule has 18 heavy (non-hydrogen) atoms. The molecule has 102 valence electrons. The van der Waals surface area contributed by atoms with E-state index in [2.05, 4.69) is 4.72 Å². The number of rotatable bonds is 6. The van der Waals surface area contributed by atoms with Crippen molar-refractivity contribution < 1.29 is 18.3 Å². The summed E-state index contributed by atoms with van der Waals surface area (Å²) < 4.78 is 26.4. The summed E-state index contributed by atoms with van der Waals surface area (Å²) in [6.07, 6.45) is 0. The molecule has 1 rings (SSSR count). The van der Waals surface area contributed by atoms with E-state index in [0.29, 0.717) is 11.4 Å². The van der Waals surface area contributed by atoms with Gasteiger partial charge in [0, 0.05) is 18.0 Å². The third-order valence-corrected chi connectivity index (χ3v) is 4.98. The predicted molar refractivity (Wildman–Crippen MR) is 69.8 cm³/mol. The highest BCUT2D eigenvalue weighted by Crippen LogP contribution is 2.25. The van der Waals surface area contributed by atoms with E-state index in [0.717, 1.165) is 11.3 Å². The largest absolute Gasteiger partial charge is 0.477 e. The summed E-state index contributed by atoms with van der Waals surface area (Å²) in [6, 6.07) is 1.19. The van der Waals surface area contributed by atoms with Crippen molar-refractivity contribution in [1.82, 2.24) is 9.62 Å². The van der Waals surface area contributed by atoms with E-state index in [1.54, 1.807) is 6.92 Å². The number of aryl methyl sites for hydroxylation is 1. The Labute approximate surface area is 110 Å². The van der Waals surface area contributed by atoms with Gasteiger partial charge in [-0.25, -0.2) is 17.9 Å². The Kier molecular flexibility index (Phi) is 4.85. The molecule has 0 unspecified atom stereocenters. The molecule has 8 heteroatoms. The zero-order chi connectivity index (χ0) is 13.9. The number of carbonyl (C=O) groups is 1. The molecule has 0 aliphatic rings. The third-order valence-electron chi connectivity index (χ3n) is 2.22. The molecule has 6 nitrogen and oxygen atoms in total. The Hall–Kier alpha value is -0.960. The second kappa shape index (κ2) is 5.79. The average molecular weight is 292 g/mol. The van der Waals surface area contributed by atoms with E-state index in [1.165, 1.54) is 6.07 Å². The number of likely N-dealkylation sites (N-methyl/N-ethyl adjacent to an activating group) is 1. The van der Waals surface area contributed by atoms with Gasteiger partial charge in [-0.3, -0.25) is 0 Å². The fraction of sp³-hybridized carbons (Fsp3) is 0.500. The first-order chi connectivity index (χ1) is 8.24. The van der Waals surface area contributed by atoms with Crippen LogP contribution in [-0.2, 0) is 10.0 Å². The number of thiophene rings is 1. The molecule has 1 heterocycles. The second-order valence-corrected chi connectivity index (χ2v) is 7.03. The van der Waals surface area contributed by atoms with Crippen LogP contribution >= 0.6 is 11.3 Å². The zero-order valence-electron chi connectivity index (χ0n) is 10.4. The summed E-state index contributed by atoms with van der Waals surface area (Å²) in [5, 5.41) is 8.83. The number of carboxylic acids is 1. The van der Waals surface area contributed by atoms with Crippen LogP contribution in [-0.4, -0.2) is 51.6 Å². The molecule has 0 aliphatic carbocycles. The van der Waals surface area contributed by atoms with Crippen molar-refractivity contribution in [3.63, 3.8) is 0 Å². The van der Waals surface area contributed by atoms with Crippen molar-refractivity contribution in [3.05, 3.63) is 15.8 Å². The van der Waals surface area contributed by atoms with Crippen molar-refractivity contribution in [2.45, 2.75) is 11.8 Å². The van der Waals surface area contributed by atoms with Crippen LogP contribution in [0.5, 0.6) is 0 Å². The maximum atomic E-state index is 12.0. The van der Waals surface area contributed by atoms with Crippen LogP contribution in [0.3, 0.4) is 0 Å². The summed E-state index contributed by atoms with van der Waals surface area (Å²) in [6.45, 7) is 2.46. The SMILES string of the molecule is Cc1sc(C(=O)O)cc1S(=O)(=O)NCCN(C)C. The Bertz CT molecular complexity index is 534. The molecule has 1 aromatic heterocycles. The molecule has 2 N–H and O–H groups in total. The summed E-state index contributed by atoms with van der Waals surface area (Å²) in [5.74, 6) is -1.11. The maximum Gasteiger partial charge on any atom is 0.345 e. The van der Waals surface area contributed by atoms with Crippen LogP contribution < -0.4 is 4.72 Å². The number of aromatic carboxylic acids is 1. The number of carboxylic acid groups (broad SMARTS) is 1. The summed E-state index contributed by atoms with van der Waals surface area (Å²) in [7, 11) is 0.0510. The summed E-state index contributed by atoms with van der Waals surface area (Å²) in [5.41, 5.74) is 0. The molecule has 1 aromatic rings. The fourth-order valence-electron chi connectivity index (χ4n) is 1.32. The van der Waals surface area contributed by atoms with Crippen molar-refractivity contribution in [2.24, 2.45) is 0 Å². The Morgan fingerprint density at radius 2 is 2.11 bits per heavy atom. The van der Waals surface area contributed by atoms with Gasteiger partial charge in [0.05, 0.1) is 4.90 Å². The van der Waals surface area contributed by atoms with Gasteiger partial charge in [-0.2, -0.15) is 0 Å². The van der Waals surface area contributed by atoms with E-state index < -0.39 is 16.0 Å². The van der Waals surface area contributed by atoms with E-state index >= 15 is 0 Å². The predicted octanol–water partition coefficient (Wildman–Crippen LogP) is 0.595. The molecule has 0 amide bonds. The maximum absolute atomic E-state index is 12.0. The molecular formula is C10H16N2O4S2. The third kappa shape index (κ3) is 3.77. The highest BCUT2D eigenvalue weighted by molar-refractivity contribution is 7.89. The molecule has 0 saturated carbocycles. The minimum absolute atomic E-state index is 0.0282. The first kappa shape index (κ1) is 15.1. The topological polar surface area (TPSA) is 86.7 Å². The van der Waals surface area contributed by atoms with Crippen LogP contribution in [0.25, 0.3) is 0 Å². The molecule has 0 aromatic carbocycles. The molecule has 0 fully saturated rings. The standard InChI is InChI=1S/C10H16N2O4S2/c1-7-9(6-8(17-7)10(13)14)18(15,16)11-4-5-12(2)3/h6,11H,4-5H2,1-3H3,(H,13,14). The quantitative estimate of drug-likeness (QED) is 0.801. The Morgan fingerprint density at radius 3 is 2.56 bits per heavy atom. The average Bonchev–Trinajstić information content (AvgIpc) is 2.60. The number of nitrogens with zero attached hydrogens (tertiary/aromatic N) is 1. The molecule has 0 aliphatic heterocycles. The number of nitrogens with one attached hydrogen (secondary N) is 1. The number of sulfonamides is 1. The Morgan fingerprint density at radius 1 is 1.50 bits per heavy atom. The minimum Gasteiger partial charge on any atom is -0.477 e. The lowest BCUT2D eigenvalue weighted by Crippen LogP contribution is -2.31. The van der Waals surface area contributed by atoms with Gasteiger partial charge in [-0.05, 0) is 27.1 Å². The number of hydrogen-bond donors (Lipinski definition) is 2. The summed E-state index contributed by atoms with van der Waals surface area (Å²) in [4.78, 5) is 13.2. The van der Waals surface area contributed by atoms with Gasteiger partial charge in [0.2, 0.25) is 10.0 Å². The highest BCUT2D eigenvalue weighted by atomic mass is 32.2. The van der Waals surface area contributed by atoms with Gasteiger partial charge in [0.1, 0.15) is 4.88 Å². The minimum atomic E-state index is -3.63. The molecular weight excluding hydrogens is 276 g/mol. The van der Waals surface area contributed by atoms with E-state index in [1.807, 2.05) is 19.0 Å². The highest BCUT2D eigenvalue weighted by Gasteiger charge is 2.21. The second-order valence-electron chi connectivity index (χ2n) is 4.04.